The third kappa shape index (κ3) is 2.54. The third-order valence-corrected chi connectivity index (χ3v) is 2.89. The first-order chi connectivity index (χ1) is 8.14. The lowest BCUT2D eigenvalue weighted by atomic mass is 9.89. The van der Waals surface area contributed by atoms with Crippen LogP contribution in [0.2, 0.25) is 0 Å². The van der Waals surface area contributed by atoms with Crippen LogP contribution in [0.25, 0.3) is 0 Å². The Morgan fingerprint density at radius 3 is 2.53 bits per heavy atom. The normalized spacial score (nSPS) is 14.5. The Balaban J connectivity index is 2.26. The van der Waals surface area contributed by atoms with Gasteiger partial charge in [0.2, 0.25) is 0 Å². The summed E-state index contributed by atoms with van der Waals surface area (Å²) in [5, 5.41) is 14.9. The molecule has 2 rings (SSSR count). The minimum absolute atomic E-state index is 0.174. The minimum atomic E-state index is -1.05. The number of rotatable bonds is 4. The van der Waals surface area contributed by atoms with E-state index in [1.54, 1.807) is 4.68 Å². The quantitative estimate of drug-likeness (QED) is 0.818. The van der Waals surface area contributed by atoms with E-state index < -0.39 is 5.60 Å². The number of hydrogen-bond donors (Lipinski definition) is 2. The van der Waals surface area contributed by atoms with Gasteiger partial charge in [0.25, 0.3) is 0 Å². The first kappa shape index (κ1) is 11.8. The van der Waals surface area contributed by atoms with Crippen LogP contribution in [0.15, 0.2) is 42.6 Å². The topological polar surface area (TPSA) is 64.1 Å². The lowest BCUT2D eigenvalue weighted by Gasteiger charge is -2.26. The number of nitrogens with zero attached hydrogens (tertiary/aromatic N) is 2. The van der Waals surface area contributed by atoms with Crippen molar-refractivity contribution in [3.05, 3.63) is 53.9 Å². The maximum Gasteiger partial charge on any atom is 0.107 e. The first-order valence-corrected chi connectivity index (χ1v) is 5.60. The molecule has 1 unspecified atom stereocenters. The Hall–Kier alpha value is -1.65. The second-order valence-electron chi connectivity index (χ2n) is 4.26. The molecule has 0 radical (unpaired) electrons. The predicted molar refractivity (Wildman–Crippen MR) is 66.3 cm³/mol. The molecule has 4 nitrogen and oxygen atoms in total. The molecule has 1 aromatic carbocycles. The lowest BCUT2D eigenvalue weighted by molar-refractivity contribution is 0.0451. The number of benzene rings is 1. The molecule has 1 heterocycles. The van der Waals surface area contributed by atoms with Crippen molar-refractivity contribution in [1.29, 1.82) is 0 Å². The van der Waals surface area contributed by atoms with E-state index in [0.29, 0.717) is 6.42 Å². The van der Waals surface area contributed by atoms with Crippen molar-refractivity contribution in [2.45, 2.75) is 12.0 Å². The average molecular weight is 231 g/mol. The molecule has 0 saturated carbocycles. The number of aromatic nitrogens is 2. The largest absolute Gasteiger partial charge is 0.383 e. The van der Waals surface area contributed by atoms with E-state index in [1.165, 1.54) is 0 Å². The Morgan fingerprint density at radius 2 is 2.00 bits per heavy atom. The second-order valence-corrected chi connectivity index (χ2v) is 4.26. The fourth-order valence-corrected chi connectivity index (χ4v) is 1.90. The van der Waals surface area contributed by atoms with Gasteiger partial charge < -0.3 is 10.8 Å². The standard InChI is InChI=1S/C13H17N3O/c1-16-8-7-12(15-16)9-13(17,10-14)11-5-3-2-4-6-11/h2-8,17H,9-10,14H2,1H3. The van der Waals surface area contributed by atoms with Gasteiger partial charge in [-0.15, -0.1) is 0 Å². The highest BCUT2D eigenvalue weighted by atomic mass is 16.3. The Bertz CT molecular complexity index is 480. The monoisotopic (exact) mass is 231 g/mol. The van der Waals surface area contributed by atoms with E-state index in [4.69, 9.17) is 5.73 Å². The van der Waals surface area contributed by atoms with Crippen LogP contribution in [-0.2, 0) is 19.1 Å². The van der Waals surface area contributed by atoms with Crippen LogP contribution in [0.4, 0.5) is 0 Å². The summed E-state index contributed by atoms with van der Waals surface area (Å²) in [6.45, 7) is 0.174. The van der Waals surface area contributed by atoms with Gasteiger partial charge in [0.05, 0.1) is 5.69 Å². The summed E-state index contributed by atoms with van der Waals surface area (Å²) >= 11 is 0. The molecule has 0 bridgehead atoms. The summed E-state index contributed by atoms with van der Waals surface area (Å²) < 4.78 is 1.72. The smallest absolute Gasteiger partial charge is 0.107 e. The molecule has 1 atom stereocenters. The van der Waals surface area contributed by atoms with Crippen LogP contribution in [0.3, 0.4) is 0 Å². The number of aryl methyl sites for hydroxylation is 1. The zero-order valence-corrected chi connectivity index (χ0v) is 9.87. The number of aliphatic hydroxyl groups is 1. The fourth-order valence-electron chi connectivity index (χ4n) is 1.90. The van der Waals surface area contributed by atoms with E-state index >= 15 is 0 Å². The first-order valence-electron chi connectivity index (χ1n) is 5.60. The molecule has 0 fully saturated rings. The van der Waals surface area contributed by atoms with Crippen molar-refractivity contribution in [3.8, 4) is 0 Å². The van der Waals surface area contributed by atoms with Crippen molar-refractivity contribution in [1.82, 2.24) is 9.78 Å². The molecule has 0 saturated heterocycles. The molecule has 0 aliphatic carbocycles. The van der Waals surface area contributed by atoms with Gasteiger partial charge in [-0.1, -0.05) is 30.3 Å². The zero-order chi connectivity index (χ0) is 12.3. The van der Waals surface area contributed by atoms with Gasteiger partial charge in [0.15, 0.2) is 0 Å². The maximum absolute atomic E-state index is 10.6. The van der Waals surface area contributed by atoms with E-state index in [9.17, 15) is 5.11 Å². The molecule has 4 heteroatoms. The van der Waals surface area contributed by atoms with Crippen molar-refractivity contribution < 1.29 is 5.11 Å². The molecule has 2 aromatic rings. The molecule has 90 valence electrons. The van der Waals surface area contributed by atoms with Crippen LogP contribution in [0.5, 0.6) is 0 Å². The van der Waals surface area contributed by atoms with Gasteiger partial charge in [-0.2, -0.15) is 5.10 Å². The van der Waals surface area contributed by atoms with E-state index in [2.05, 4.69) is 5.10 Å². The Kier molecular flexibility index (Phi) is 3.26. The van der Waals surface area contributed by atoms with Crippen LogP contribution < -0.4 is 5.73 Å². The molecule has 0 aliphatic heterocycles. The van der Waals surface area contributed by atoms with Crippen LogP contribution in [0.1, 0.15) is 11.3 Å². The van der Waals surface area contributed by atoms with E-state index in [-0.39, 0.29) is 6.54 Å². The molecular formula is C13H17N3O. The molecule has 3 N–H and O–H groups in total. The number of nitrogens with two attached hydrogens (primary N) is 1. The fraction of sp³-hybridized carbons (Fsp3) is 0.308. The highest BCUT2D eigenvalue weighted by Crippen LogP contribution is 2.23. The van der Waals surface area contributed by atoms with Crippen LogP contribution >= 0.6 is 0 Å². The zero-order valence-electron chi connectivity index (χ0n) is 9.87. The SMILES string of the molecule is Cn1ccc(CC(O)(CN)c2ccccc2)n1. The summed E-state index contributed by atoms with van der Waals surface area (Å²) in [7, 11) is 1.85. The summed E-state index contributed by atoms with van der Waals surface area (Å²) in [5.74, 6) is 0. The highest BCUT2D eigenvalue weighted by Gasteiger charge is 2.28. The lowest BCUT2D eigenvalue weighted by Crippen LogP contribution is -2.37. The average Bonchev–Trinajstić information content (AvgIpc) is 2.75. The van der Waals surface area contributed by atoms with Gasteiger partial charge in [-0.25, -0.2) is 0 Å². The molecule has 0 aliphatic rings. The molecule has 17 heavy (non-hydrogen) atoms. The molecular weight excluding hydrogens is 214 g/mol. The van der Waals surface area contributed by atoms with Gasteiger partial charge in [-0.05, 0) is 11.6 Å². The predicted octanol–water partition coefficient (Wildman–Crippen LogP) is 0.809. The van der Waals surface area contributed by atoms with Gasteiger partial charge in [-0.3, -0.25) is 4.68 Å². The van der Waals surface area contributed by atoms with Crippen LogP contribution in [-0.4, -0.2) is 21.4 Å². The van der Waals surface area contributed by atoms with Crippen molar-refractivity contribution >= 4 is 0 Å². The molecule has 0 amide bonds. The van der Waals surface area contributed by atoms with Gasteiger partial charge >= 0.3 is 0 Å². The van der Waals surface area contributed by atoms with E-state index in [0.717, 1.165) is 11.3 Å². The summed E-state index contributed by atoms with van der Waals surface area (Å²) in [6, 6.07) is 11.4. The van der Waals surface area contributed by atoms with E-state index in [1.807, 2.05) is 49.6 Å². The Labute approximate surface area is 101 Å². The second kappa shape index (κ2) is 4.69. The van der Waals surface area contributed by atoms with Crippen LogP contribution in [0, 0.1) is 0 Å². The summed E-state index contributed by atoms with van der Waals surface area (Å²) in [5.41, 5.74) is 6.33. The minimum Gasteiger partial charge on any atom is -0.383 e. The van der Waals surface area contributed by atoms with Crippen molar-refractivity contribution in [3.63, 3.8) is 0 Å². The van der Waals surface area contributed by atoms with Crippen molar-refractivity contribution in [2.24, 2.45) is 12.8 Å². The maximum atomic E-state index is 10.6. The third-order valence-electron chi connectivity index (χ3n) is 2.89. The summed E-state index contributed by atoms with van der Waals surface area (Å²) in [4.78, 5) is 0. The van der Waals surface area contributed by atoms with Crippen molar-refractivity contribution in [2.75, 3.05) is 6.54 Å². The molecule has 1 aromatic heterocycles. The highest BCUT2D eigenvalue weighted by molar-refractivity contribution is 5.24. The Morgan fingerprint density at radius 1 is 1.29 bits per heavy atom. The summed E-state index contributed by atoms with van der Waals surface area (Å²) in [6.07, 6.45) is 2.28. The van der Waals surface area contributed by atoms with Gasteiger partial charge in [0.1, 0.15) is 5.60 Å². The van der Waals surface area contributed by atoms with Gasteiger partial charge in [0, 0.05) is 26.2 Å². The molecule has 0 spiro atoms. The number of hydrogen-bond acceptors (Lipinski definition) is 3.